The van der Waals surface area contributed by atoms with E-state index in [0.717, 1.165) is 19.5 Å². The first-order valence-corrected chi connectivity index (χ1v) is 9.43. The van der Waals surface area contributed by atoms with E-state index in [-0.39, 0.29) is 0 Å². The molecule has 0 saturated heterocycles. The second-order valence-electron chi connectivity index (χ2n) is 5.48. The summed E-state index contributed by atoms with van der Waals surface area (Å²) in [6, 6.07) is 13.0. The molecule has 0 aliphatic rings. The normalized spacial score (nSPS) is 12.5. The van der Waals surface area contributed by atoms with E-state index < -0.39 is 0 Å². The molecule has 0 spiro atoms. The topological polar surface area (TPSA) is 12.0 Å². The molecule has 1 heterocycles. The van der Waals surface area contributed by atoms with Crippen LogP contribution in [0.3, 0.4) is 0 Å². The van der Waals surface area contributed by atoms with Crippen LogP contribution in [0.2, 0.25) is 0 Å². The average Bonchev–Trinajstić information content (AvgIpc) is 3.00. The van der Waals surface area contributed by atoms with Gasteiger partial charge in [-0.05, 0) is 67.8 Å². The van der Waals surface area contributed by atoms with Crippen molar-refractivity contribution in [3.63, 3.8) is 0 Å². The standard InChI is InChI=1S/C18H24BrNS/c1-2-11-20-14-15(9-10-17-7-5-12-21-17)13-16-6-3-4-8-18(16)19/h3-8,12,15,20H,2,9-11,13-14H2,1H3. The maximum absolute atomic E-state index is 3.68. The lowest BCUT2D eigenvalue weighted by Crippen LogP contribution is -2.25. The molecule has 2 rings (SSSR count). The van der Waals surface area contributed by atoms with Crippen molar-refractivity contribution in [1.29, 1.82) is 0 Å². The second kappa shape index (κ2) is 9.39. The zero-order chi connectivity index (χ0) is 14.9. The van der Waals surface area contributed by atoms with Gasteiger partial charge in [0.2, 0.25) is 0 Å². The van der Waals surface area contributed by atoms with Gasteiger partial charge in [0.15, 0.2) is 0 Å². The molecular formula is C18H24BrNS. The van der Waals surface area contributed by atoms with Gasteiger partial charge in [0, 0.05) is 9.35 Å². The highest BCUT2D eigenvalue weighted by molar-refractivity contribution is 9.10. The van der Waals surface area contributed by atoms with Crippen molar-refractivity contribution >= 4 is 27.3 Å². The van der Waals surface area contributed by atoms with Gasteiger partial charge in [-0.2, -0.15) is 0 Å². The highest BCUT2D eigenvalue weighted by Crippen LogP contribution is 2.22. The van der Waals surface area contributed by atoms with Gasteiger partial charge >= 0.3 is 0 Å². The maximum atomic E-state index is 3.68. The van der Waals surface area contributed by atoms with Gasteiger partial charge in [0.1, 0.15) is 0 Å². The Balaban J connectivity index is 1.92. The van der Waals surface area contributed by atoms with E-state index in [4.69, 9.17) is 0 Å². The lowest BCUT2D eigenvalue weighted by molar-refractivity contribution is 0.444. The fourth-order valence-electron chi connectivity index (χ4n) is 2.54. The molecule has 1 atom stereocenters. The summed E-state index contributed by atoms with van der Waals surface area (Å²) in [5, 5.41) is 5.77. The summed E-state index contributed by atoms with van der Waals surface area (Å²) < 4.78 is 1.24. The number of benzene rings is 1. The number of rotatable bonds is 9. The van der Waals surface area contributed by atoms with Crippen molar-refractivity contribution in [1.82, 2.24) is 5.32 Å². The lowest BCUT2D eigenvalue weighted by Gasteiger charge is -2.18. The third-order valence-corrected chi connectivity index (χ3v) is 5.42. The number of nitrogens with one attached hydrogen (secondary N) is 1. The predicted octanol–water partition coefficient (Wildman–Crippen LogP) is 5.30. The first kappa shape index (κ1) is 16.7. The molecule has 3 heteroatoms. The average molecular weight is 366 g/mol. The fraction of sp³-hybridized carbons (Fsp3) is 0.444. The van der Waals surface area contributed by atoms with Gasteiger partial charge in [0.05, 0.1) is 0 Å². The molecule has 1 unspecified atom stereocenters. The van der Waals surface area contributed by atoms with Crippen molar-refractivity contribution in [2.75, 3.05) is 13.1 Å². The van der Waals surface area contributed by atoms with Gasteiger partial charge in [-0.1, -0.05) is 47.1 Å². The Morgan fingerprint density at radius 3 is 2.76 bits per heavy atom. The summed E-state index contributed by atoms with van der Waals surface area (Å²) in [7, 11) is 0. The van der Waals surface area contributed by atoms with Crippen molar-refractivity contribution in [3.8, 4) is 0 Å². The first-order valence-electron chi connectivity index (χ1n) is 7.76. The van der Waals surface area contributed by atoms with Crippen molar-refractivity contribution in [2.24, 2.45) is 5.92 Å². The van der Waals surface area contributed by atoms with E-state index in [1.54, 1.807) is 0 Å². The first-order chi connectivity index (χ1) is 10.3. The largest absolute Gasteiger partial charge is 0.316 e. The van der Waals surface area contributed by atoms with E-state index >= 15 is 0 Å². The lowest BCUT2D eigenvalue weighted by atomic mass is 9.94. The molecule has 1 aromatic heterocycles. The quantitative estimate of drug-likeness (QED) is 0.594. The summed E-state index contributed by atoms with van der Waals surface area (Å²) in [6.07, 6.45) is 4.79. The number of hydrogen-bond donors (Lipinski definition) is 1. The number of hydrogen-bond acceptors (Lipinski definition) is 2. The molecular weight excluding hydrogens is 342 g/mol. The molecule has 0 aliphatic carbocycles. The molecule has 114 valence electrons. The zero-order valence-corrected chi connectivity index (χ0v) is 15.1. The molecule has 0 aliphatic heterocycles. The van der Waals surface area contributed by atoms with Crippen LogP contribution < -0.4 is 5.32 Å². The molecule has 1 N–H and O–H groups in total. The maximum Gasteiger partial charge on any atom is 0.0207 e. The van der Waals surface area contributed by atoms with Crippen LogP contribution >= 0.6 is 27.3 Å². The zero-order valence-electron chi connectivity index (χ0n) is 12.6. The summed E-state index contributed by atoms with van der Waals surface area (Å²) >= 11 is 5.55. The SMILES string of the molecule is CCCNCC(CCc1cccs1)Cc1ccccc1Br. The summed E-state index contributed by atoms with van der Waals surface area (Å²) in [4.78, 5) is 1.50. The molecule has 21 heavy (non-hydrogen) atoms. The Kier molecular flexibility index (Phi) is 7.48. The summed E-state index contributed by atoms with van der Waals surface area (Å²) in [5.41, 5.74) is 1.42. The highest BCUT2D eigenvalue weighted by Gasteiger charge is 2.12. The Labute approximate surface area is 140 Å². The van der Waals surface area contributed by atoms with Gasteiger partial charge in [-0.25, -0.2) is 0 Å². The molecule has 0 saturated carbocycles. The van der Waals surface area contributed by atoms with Crippen LogP contribution in [0.15, 0.2) is 46.3 Å². The summed E-state index contributed by atoms with van der Waals surface area (Å²) in [5.74, 6) is 0.692. The van der Waals surface area contributed by atoms with Crippen LogP contribution in [0.4, 0.5) is 0 Å². The molecule has 0 fully saturated rings. The van der Waals surface area contributed by atoms with Crippen LogP contribution in [0.1, 0.15) is 30.2 Å². The smallest absolute Gasteiger partial charge is 0.0207 e. The van der Waals surface area contributed by atoms with E-state index in [2.05, 4.69) is 69.9 Å². The van der Waals surface area contributed by atoms with E-state index in [9.17, 15) is 0 Å². The van der Waals surface area contributed by atoms with Crippen LogP contribution in [0.5, 0.6) is 0 Å². The van der Waals surface area contributed by atoms with Crippen molar-refractivity contribution in [3.05, 3.63) is 56.7 Å². The third kappa shape index (κ3) is 5.93. The summed E-state index contributed by atoms with van der Waals surface area (Å²) in [6.45, 7) is 4.45. The molecule has 1 nitrogen and oxygen atoms in total. The Hall–Kier alpha value is -0.640. The molecule has 0 bridgehead atoms. The highest BCUT2D eigenvalue weighted by atomic mass is 79.9. The van der Waals surface area contributed by atoms with Gasteiger partial charge in [-0.3, -0.25) is 0 Å². The van der Waals surface area contributed by atoms with Crippen LogP contribution in [0.25, 0.3) is 0 Å². The van der Waals surface area contributed by atoms with E-state index in [1.807, 2.05) is 11.3 Å². The van der Waals surface area contributed by atoms with Crippen molar-refractivity contribution in [2.45, 2.75) is 32.6 Å². The monoisotopic (exact) mass is 365 g/mol. The van der Waals surface area contributed by atoms with Crippen LogP contribution in [-0.4, -0.2) is 13.1 Å². The Morgan fingerprint density at radius 2 is 2.05 bits per heavy atom. The number of halogens is 1. The van der Waals surface area contributed by atoms with Crippen LogP contribution in [-0.2, 0) is 12.8 Å². The van der Waals surface area contributed by atoms with Crippen molar-refractivity contribution < 1.29 is 0 Å². The Bertz CT molecular complexity index is 510. The predicted molar refractivity (Wildman–Crippen MR) is 97.1 cm³/mol. The van der Waals surface area contributed by atoms with E-state index in [1.165, 1.54) is 34.2 Å². The fourth-order valence-corrected chi connectivity index (χ4v) is 3.71. The van der Waals surface area contributed by atoms with Gasteiger partial charge in [0.25, 0.3) is 0 Å². The second-order valence-corrected chi connectivity index (χ2v) is 7.37. The Morgan fingerprint density at radius 1 is 1.19 bits per heavy atom. The van der Waals surface area contributed by atoms with Gasteiger partial charge in [-0.15, -0.1) is 11.3 Å². The van der Waals surface area contributed by atoms with Crippen LogP contribution in [0, 0.1) is 5.92 Å². The molecule has 2 aromatic rings. The molecule has 0 amide bonds. The third-order valence-electron chi connectivity index (χ3n) is 3.71. The number of thiophene rings is 1. The molecule has 1 aromatic carbocycles. The van der Waals surface area contributed by atoms with Gasteiger partial charge < -0.3 is 5.32 Å². The molecule has 0 radical (unpaired) electrons. The van der Waals surface area contributed by atoms with E-state index in [0.29, 0.717) is 5.92 Å². The minimum Gasteiger partial charge on any atom is -0.316 e. The minimum atomic E-state index is 0.692. The minimum absolute atomic E-state index is 0.692. The number of aryl methyl sites for hydroxylation is 1.